The summed E-state index contributed by atoms with van der Waals surface area (Å²) in [5, 5.41) is 15.7. The molecule has 12 atom stereocenters. The third-order valence-corrected chi connectivity index (χ3v) is 14.9. The van der Waals surface area contributed by atoms with Gasteiger partial charge in [-0.15, -0.1) is 0 Å². The quantitative estimate of drug-likeness (QED) is 0.0288. The number of alkyl halides is 3. The van der Waals surface area contributed by atoms with Crippen LogP contribution in [-0.2, 0) is 48.2 Å². The summed E-state index contributed by atoms with van der Waals surface area (Å²) in [6.07, 6.45) is 8.82. The summed E-state index contributed by atoms with van der Waals surface area (Å²) in [5.41, 5.74) is 3.44. The lowest BCUT2D eigenvalue weighted by molar-refractivity contribution is -1.08. The fraction of sp³-hybridized carbons (Fsp3) is 0.732. The van der Waals surface area contributed by atoms with Crippen LogP contribution in [0.3, 0.4) is 0 Å². The third kappa shape index (κ3) is 10.2. The van der Waals surface area contributed by atoms with Gasteiger partial charge in [0.05, 0.1) is 12.6 Å². The largest absolute Gasteiger partial charge is 1.00 e. The summed E-state index contributed by atoms with van der Waals surface area (Å²) < 4.78 is 91.9. The number of quaternary nitrogens is 2. The predicted octanol–water partition coefficient (Wildman–Crippen LogP) is 0.612. The highest BCUT2D eigenvalue weighted by Gasteiger charge is 2.69. The number of aliphatic hydroxyl groups is 1. The number of esters is 3. The second-order valence-electron chi connectivity index (χ2n) is 17.9. The number of nitrogens with zero attached hydrogens (tertiary/aromatic N) is 5. The van der Waals surface area contributed by atoms with Crippen molar-refractivity contribution < 1.29 is 95.3 Å². The van der Waals surface area contributed by atoms with Crippen molar-refractivity contribution in [1.82, 2.24) is 0 Å². The molecule has 5 fully saturated rings. The normalized spacial score (nSPS) is 39.0. The summed E-state index contributed by atoms with van der Waals surface area (Å²) in [7, 11) is -4.61. The van der Waals surface area contributed by atoms with Crippen LogP contribution in [0.25, 0.3) is 10.4 Å². The van der Waals surface area contributed by atoms with E-state index in [0.717, 1.165) is 62.3 Å². The number of aliphatic hydroxyl groups excluding tert-OH is 1. The zero-order chi connectivity index (χ0) is 45.4. The van der Waals surface area contributed by atoms with Crippen molar-refractivity contribution in [3.8, 4) is 0 Å². The number of fused-ring (bicyclic) bond motifs is 3. The van der Waals surface area contributed by atoms with E-state index in [2.05, 4.69) is 22.2 Å². The Morgan fingerprint density at radius 1 is 1.14 bits per heavy atom. The summed E-state index contributed by atoms with van der Waals surface area (Å²) in [5.74, 6) is -2.91. The first-order chi connectivity index (χ1) is 29.1. The number of allylic oxidation sites excluding steroid dienone is 3. The minimum Gasteiger partial charge on any atom is -1.00 e. The molecular formula is C41H57BrF3N5O12S. The van der Waals surface area contributed by atoms with E-state index in [1.807, 2.05) is 39.0 Å². The fourth-order valence-electron chi connectivity index (χ4n) is 10.9. The first kappa shape index (κ1) is 50.7. The van der Waals surface area contributed by atoms with Crippen LogP contribution in [0.15, 0.2) is 52.7 Å². The highest BCUT2D eigenvalue weighted by atomic mass is 79.9. The lowest BCUT2D eigenvalue weighted by atomic mass is 9.57. The first-order valence-corrected chi connectivity index (χ1v) is 22.5. The molecule has 0 radical (unpaired) electrons. The molecule has 6 bridgehead atoms. The lowest BCUT2D eigenvalue weighted by Crippen LogP contribution is -3.00. The van der Waals surface area contributed by atoms with E-state index in [4.69, 9.17) is 42.2 Å². The maximum atomic E-state index is 13.9. The molecule has 0 aromatic heterocycles. The summed E-state index contributed by atoms with van der Waals surface area (Å²) in [4.78, 5) is 43.6. The molecule has 5 heterocycles. The lowest BCUT2D eigenvalue weighted by Gasteiger charge is -2.55. The Morgan fingerprint density at radius 3 is 2.35 bits per heavy atom. The minimum atomic E-state index is -6.09. The number of ether oxygens (including phenoxy) is 5. The molecule has 0 aromatic rings. The molecule has 0 unspecified atom stereocenters. The van der Waals surface area contributed by atoms with Gasteiger partial charge in [0, 0.05) is 60.1 Å². The number of methoxy groups -OCH3 is 1. The van der Waals surface area contributed by atoms with Crippen LogP contribution in [-0.4, -0.2) is 159 Å². The average molecular weight is 981 g/mol. The number of rotatable bonds is 11. The Morgan fingerprint density at radius 2 is 1.78 bits per heavy atom. The van der Waals surface area contributed by atoms with Gasteiger partial charge >= 0.3 is 23.4 Å². The summed E-state index contributed by atoms with van der Waals surface area (Å²) in [6.45, 7) is 15.0. The molecule has 22 heteroatoms. The Hall–Kier alpha value is -3.34. The molecule has 0 amide bonds. The third-order valence-electron chi connectivity index (χ3n) is 14.3. The maximum absolute atomic E-state index is 13.9. The summed E-state index contributed by atoms with van der Waals surface area (Å²) >= 11 is 0. The molecule has 0 aromatic carbocycles. The molecule has 4 saturated heterocycles. The van der Waals surface area contributed by atoms with Gasteiger partial charge in [-0.05, 0) is 37.8 Å². The number of azide groups is 1. The number of hydrogen-bond acceptors (Lipinski definition) is 13. The van der Waals surface area contributed by atoms with Crippen molar-refractivity contribution in [2.45, 2.75) is 94.7 Å². The monoisotopic (exact) mass is 979 g/mol. The van der Waals surface area contributed by atoms with E-state index in [1.54, 1.807) is 13.0 Å². The van der Waals surface area contributed by atoms with Crippen LogP contribution in [0.4, 0.5) is 13.2 Å². The number of carbonyl (C=O) groups is 3. The Labute approximate surface area is 375 Å². The predicted molar refractivity (Wildman–Crippen MR) is 212 cm³/mol. The standard InChI is InChI=1S/C40H57N5O9.CHF3O3S.BrH/c1-24-21-25(2)40-29(11-12-30-33(40)34(47)26(3)36(37(30)54-40)53-38(48)28-9-6-7-10-28)22-31(50-5)39(49)52-35(24)27(4)51-32(46)23-45-18-15-44(16-19-45,17-20-45)14-8-13-42-43-41;2-1(3,4)8(5,6)7;/h6-7,9,11-12,21,24,26-27,29-31,33-37,47H,8,10,13-20,22-23H2,1-5H3;(H,5,6,7);1H/q+2;;/p-2/b25-21+;;/t24-,26-,27-,29-,30-,31+,33+,34-,35+,36-,37-,40+,44?,45?;;/m1../s1. The van der Waals surface area contributed by atoms with E-state index >= 15 is 0 Å². The Bertz CT molecular complexity index is 2000. The summed E-state index contributed by atoms with van der Waals surface area (Å²) in [6, 6.07) is 0. The molecule has 352 valence electrons. The molecule has 5 aliphatic heterocycles. The second-order valence-corrected chi connectivity index (χ2v) is 19.3. The molecule has 63 heavy (non-hydrogen) atoms. The van der Waals surface area contributed by atoms with Crippen LogP contribution in [0.5, 0.6) is 0 Å². The molecule has 8 aliphatic rings. The van der Waals surface area contributed by atoms with Crippen molar-refractivity contribution >= 4 is 28.0 Å². The van der Waals surface area contributed by atoms with Gasteiger partial charge in [0.2, 0.25) is 0 Å². The maximum Gasteiger partial charge on any atom is 0.485 e. The number of piperazine rings is 3. The van der Waals surface area contributed by atoms with Crippen molar-refractivity contribution in [3.63, 3.8) is 0 Å². The zero-order valence-corrected chi connectivity index (χ0v) is 38.3. The van der Waals surface area contributed by atoms with Gasteiger partial charge < -0.3 is 59.3 Å². The van der Waals surface area contributed by atoms with E-state index in [-0.39, 0.29) is 65.5 Å². The van der Waals surface area contributed by atoms with E-state index in [0.29, 0.717) is 23.0 Å². The smallest absolute Gasteiger partial charge is 0.485 e. The fourth-order valence-corrected chi connectivity index (χ4v) is 10.9. The molecule has 8 rings (SSSR count). The molecular weight excluding hydrogens is 923 g/mol. The molecule has 1 saturated carbocycles. The van der Waals surface area contributed by atoms with Gasteiger partial charge in [0.25, 0.3) is 0 Å². The Kier molecular flexibility index (Phi) is 15.8. The highest BCUT2D eigenvalue weighted by molar-refractivity contribution is 7.86. The van der Waals surface area contributed by atoms with Crippen molar-refractivity contribution in [2.24, 2.45) is 34.7 Å². The zero-order valence-electron chi connectivity index (χ0n) is 35.9. The van der Waals surface area contributed by atoms with Gasteiger partial charge in [0.1, 0.15) is 69.3 Å². The van der Waals surface area contributed by atoms with Gasteiger partial charge in [-0.3, -0.25) is 0 Å². The van der Waals surface area contributed by atoms with Crippen molar-refractivity contribution in [3.05, 3.63) is 58.0 Å². The van der Waals surface area contributed by atoms with Gasteiger partial charge in [0.15, 0.2) is 22.8 Å². The first-order valence-electron chi connectivity index (χ1n) is 21.1. The number of hydrogen-bond donors (Lipinski definition) is 1. The van der Waals surface area contributed by atoms with Crippen LogP contribution in [0.1, 0.15) is 47.0 Å². The van der Waals surface area contributed by atoms with Crippen LogP contribution in [0.2, 0.25) is 0 Å². The van der Waals surface area contributed by atoms with Gasteiger partial charge in [-0.25, -0.2) is 22.8 Å². The van der Waals surface area contributed by atoms with Gasteiger partial charge in [-0.2, -0.15) is 13.2 Å². The average Bonchev–Trinajstić information content (AvgIpc) is 3.82. The van der Waals surface area contributed by atoms with E-state index < -0.39 is 69.8 Å². The molecule has 3 aliphatic carbocycles. The minimum absolute atomic E-state index is 0. The number of cyclic esters (lactones) is 1. The number of halogens is 4. The highest BCUT2D eigenvalue weighted by Crippen LogP contribution is 2.61. The topological polar surface area (TPSA) is 224 Å². The molecule has 1 spiro atoms. The van der Waals surface area contributed by atoms with Gasteiger partial charge in [-0.1, -0.05) is 55.4 Å². The van der Waals surface area contributed by atoms with E-state index in [1.165, 1.54) is 7.11 Å². The van der Waals surface area contributed by atoms with Crippen molar-refractivity contribution in [2.75, 3.05) is 66.0 Å². The van der Waals surface area contributed by atoms with Crippen molar-refractivity contribution in [1.29, 1.82) is 0 Å². The number of carbonyl (C=O) groups excluding carboxylic acids is 3. The van der Waals surface area contributed by atoms with Crippen LogP contribution < -0.4 is 17.0 Å². The van der Waals surface area contributed by atoms with E-state index in [9.17, 15) is 32.7 Å². The van der Waals surface area contributed by atoms with Crippen LogP contribution >= 0.6 is 0 Å². The SMILES string of the molecule is CO[C@H]1C[C@H]2C=C[C@H]3[C@H]4O[C@]2(/C(C)=C/[C@@H](C)[C@@H]([C@@H](C)OC(=O)C[N+]25CC[N+](CCCN=[N+]=[N-])(CC2)CC5)OC1=O)[C@@H]3[C@H](O)[C@@H](C)[C@H]4OC(=O)C1=CC=CC1.O=S(=O)([O-])C(F)(F)F.[Br-]. The second kappa shape index (κ2) is 19.6. The Balaban J connectivity index is 0.000000759. The molecule has 17 nitrogen and oxygen atoms in total. The van der Waals surface area contributed by atoms with Crippen LogP contribution in [0, 0.1) is 29.6 Å². The molecule has 1 N–H and O–H groups in total.